The van der Waals surface area contributed by atoms with Crippen molar-refractivity contribution in [3.63, 3.8) is 0 Å². The molecule has 1 aliphatic heterocycles. The predicted octanol–water partition coefficient (Wildman–Crippen LogP) is 2.24. The predicted molar refractivity (Wildman–Crippen MR) is 68.1 cm³/mol. The zero-order valence-electron chi connectivity index (χ0n) is 10.3. The van der Waals surface area contributed by atoms with Gasteiger partial charge in [-0.25, -0.2) is 0 Å². The van der Waals surface area contributed by atoms with Gasteiger partial charge in [0.1, 0.15) is 0 Å². The van der Waals surface area contributed by atoms with Crippen LogP contribution in [0.1, 0.15) is 25.8 Å². The van der Waals surface area contributed by atoms with Gasteiger partial charge in [-0.05, 0) is 17.9 Å². The summed E-state index contributed by atoms with van der Waals surface area (Å²) in [5, 5.41) is 0. The summed E-state index contributed by atoms with van der Waals surface area (Å²) in [6.07, 6.45) is 1.26. The summed E-state index contributed by atoms with van der Waals surface area (Å²) in [5.74, 6) is 0.573. The van der Waals surface area contributed by atoms with Gasteiger partial charge in [0.2, 0.25) is 0 Å². The maximum absolute atomic E-state index is 6.22. The summed E-state index contributed by atoms with van der Waals surface area (Å²) in [4.78, 5) is 2.50. The van der Waals surface area contributed by atoms with Gasteiger partial charge in [0.05, 0.1) is 0 Å². The fourth-order valence-corrected chi connectivity index (χ4v) is 2.36. The second-order valence-corrected chi connectivity index (χ2v) is 5.13. The monoisotopic (exact) mass is 218 g/mol. The van der Waals surface area contributed by atoms with Crippen LogP contribution in [-0.2, 0) is 6.54 Å². The van der Waals surface area contributed by atoms with Crippen molar-refractivity contribution in [1.29, 1.82) is 0 Å². The number of benzene rings is 1. The van der Waals surface area contributed by atoms with Crippen molar-refractivity contribution >= 4 is 0 Å². The van der Waals surface area contributed by atoms with Crippen LogP contribution in [0.25, 0.3) is 0 Å². The normalized spacial score (nSPS) is 23.1. The SMILES string of the molecule is CC(C)C(N)C1CCN1Cc1ccccc1. The lowest BCUT2D eigenvalue weighted by Crippen LogP contribution is -2.58. The van der Waals surface area contributed by atoms with E-state index in [4.69, 9.17) is 5.73 Å². The summed E-state index contributed by atoms with van der Waals surface area (Å²) in [5.41, 5.74) is 7.62. The maximum Gasteiger partial charge on any atom is 0.0265 e. The molecule has 0 amide bonds. The van der Waals surface area contributed by atoms with Crippen LogP contribution in [0.3, 0.4) is 0 Å². The minimum Gasteiger partial charge on any atom is -0.326 e. The minimum atomic E-state index is 0.317. The number of hydrogen-bond acceptors (Lipinski definition) is 2. The third-order valence-electron chi connectivity index (χ3n) is 3.62. The van der Waals surface area contributed by atoms with Gasteiger partial charge in [0.15, 0.2) is 0 Å². The molecule has 2 heteroatoms. The van der Waals surface area contributed by atoms with Crippen molar-refractivity contribution in [2.45, 2.75) is 38.9 Å². The molecule has 0 aliphatic carbocycles. The maximum atomic E-state index is 6.22. The van der Waals surface area contributed by atoms with Crippen LogP contribution in [-0.4, -0.2) is 23.5 Å². The molecular formula is C14H22N2. The average molecular weight is 218 g/mol. The average Bonchev–Trinajstić information content (AvgIpc) is 2.26. The lowest BCUT2D eigenvalue weighted by Gasteiger charge is -2.45. The Balaban J connectivity index is 1.92. The fourth-order valence-electron chi connectivity index (χ4n) is 2.36. The Labute approximate surface area is 98.4 Å². The van der Waals surface area contributed by atoms with Crippen molar-refractivity contribution in [3.05, 3.63) is 35.9 Å². The molecule has 0 aromatic heterocycles. The molecule has 16 heavy (non-hydrogen) atoms. The Bertz CT molecular complexity index is 321. The molecule has 1 saturated heterocycles. The van der Waals surface area contributed by atoms with Crippen LogP contribution < -0.4 is 5.73 Å². The van der Waals surface area contributed by atoms with Gasteiger partial charge < -0.3 is 5.73 Å². The first-order valence-corrected chi connectivity index (χ1v) is 6.22. The Morgan fingerprint density at radius 3 is 2.50 bits per heavy atom. The van der Waals surface area contributed by atoms with Crippen LogP contribution in [0.2, 0.25) is 0 Å². The van der Waals surface area contributed by atoms with Crippen LogP contribution in [0, 0.1) is 5.92 Å². The third-order valence-corrected chi connectivity index (χ3v) is 3.62. The topological polar surface area (TPSA) is 29.3 Å². The molecule has 0 bridgehead atoms. The molecule has 2 N–H and O–H groups in total. The van der Waals surface area contributed by atoms with E-state index in [1.165, 1.54) is 18.5 Å². The van der Waals surface area contributed by atoms with Gasteiger partial charge in [-0.2, -0.15) is 0 Å². The van der Waals surface area contributed by atoms with Crippen molar-refractivity contribution in [3.8, 4) is 0 Å². The lowest BCUT2D eigenvalue weighted by molar-refractivity contribution is 0.0502. The standard InChI is InChI=1S/C14H22N2/c1-11(2)14(15)13-8-9-16(13)10-12-6-4-3-5-7-12/h3-7,11,13-14H,8-10,15H2,1-2H3. The molecule has 0 saturated carbocycles. The first kappa shape index (κ1) is 11.6. The number of likely N-dealkylation sites (tertiary alicyclic amines) is 1. The Morgan fingerprint density at radius 2 is 2.00 bits per heavy atom. The molecule has 1 heterocycles. The first-order valence-electron chi connectivity index (χ1n) is 6.22. The highest BCUT2D eigenvalue weighted by Gasteiger charge is 2.33. The largest absolute Gasteiger partial charge is 0.326 e. The van der Waals surface area contributed by atoms with Crippen LogP contribution in [0.15, 0.2) is 30.3 Å². The van der Waals surface area contributed by atoms with Gasteiger partial charge in [0.25, 0.3) is 0 Å². The molecule has 1 fully saturated rings. The van der Waals surface area contributed by atoms with Gasteiger partial charge in [0, 0.05) is 25.2 Å². The molecule has 1 aliphatic rings. The van der Waals surface area contributed by atoms with E-state index in [9.17, 15) is 0 Å². The number of hydrogen-bond donors (Lipinski definition) is 1. The van der Waals surface area contributed by atoms with E-state index in [1.807, 2.05) is 0 Å². The minimum absolute atomic E-state index is 0.317. The van der Waals surface area contributed by atoms with E-state index < -0.39 is 0 Å². The Morgan fingerprint density at radius 1 is 1.31 bits per heavy atom. The van der Waals surface area contributed by atoms with E-state index in [0.29, 0.717) is 18.0 Å². The highest BCUT2D eigenvalue weighted by atomic mass is 15.2. The highest BCUT2D eigenvalue weighted by molar-refractivity contribution is 5.15. The number of nitrogens with zero attached hydrogens (tertiary/aromatic N) is 1. The molecule has 0 spiro atoms. The summed E-state index contributed by atoms with van der Waals surface area (Å²) in [6.45, 7) is 6.67. The molecule has 0 radical (unpaired) electrons. The van der Waals surface area contributed by atoms with Gasteiger partial charge in [-0.3, -0.25) is 4.90 Å². The summed E-state index contributed by atoms with van der Waals surface area (Å²) in [7, 11) is 0. The molecular weight excluding hydrogens is 196 g/mol. The number of nitrogens with two attached hydrogens (primary N) is 1. The van der Waals surface area contributed by atoms with Gasteiger partial charge >= 0.3 is 0 Å². The second kappa shape index (κ2) is 4.98. The quantitative estimate of drug-likeness (QED) is 0.840. The molecule has 2 atom stereocenters. The smallest absolute Gasteiger partial charge is 0.0265 e. The molecule has 2 nitrogen and oxygen atoms in total. The zero-order valence-corrected chi connectivity index (χ0v) is 10.3. The molecule has 88 valence electrons. The Kier molecular flexibility index (Phi) is 3.62. The lowest BCUT2D eigenvalue weighted by atomic mass is 9.88. The Hall–Kier alpha value is -0.860. The van der Waals surface area contributed by atoms with Crippen LogP contribution >= 0.6 is 0 Å². The van der Waals surface area contributed by atoms with Crippen molar-refractivity contribution in [1.82, 2.24) is 4.90 Å². The van der Waals surface area contributed by atoms with Crippen LogP contribution in [0.4, 0.5) is 0 Å². The molecule has 1 aromatic rings. The molecule has 2 unspecified atom stereocenters. The van der Waals surface area contributed by atoms with Gasteiger partial charge in [-0.1, -0.05) is 44.2 Å². The molecule has 2 rings (SSSR count). The highest BCUT2D eigenvalue weighted by Crippen LogP contribution is 2.25. The first-order chi connectivity index (χ1) is 7.68. The van der Waals surface area contributed by atoms with Crippen molar-refractivity contribution < 1.29 is 0 Å². The van der Waals surface area contributed by atoms with E-state index in [0.717, 1.165) is 6.54 Å². The summed E-state index contributed by atoms with van der Waals surface area (Å²) in [6, 6.07) is 11.6. The third kappa shape index (κ3) is 2.45. The van der Waals surface area contributed by atoms with E-state index in [1.54, 1.807) is 0 Å². The van der Waals surface area contributed by atoms with Crippen LogP contribution in [0.5, 0.6) is 0 Å². The summed E-state index contributed by atoms with van der Waals surface area (Å²) < 4.78 is 0. The van der Waals surface area contributed by atoms with Crippen molar-refractivity contribution in [2.24, 2.45) is 11.7 Å². The van der Waals surface area contributed by atoms with Crippen molar-refractivity contribution in [2.75, 3.05) is 6.54 Å². The fraction of sp³-hybridized carbons (Fsp3) is 0.571. The second-order valence-electron chi connectivity index (χ2n) is 5.13. The van der Waals surface area contributed by atoms with E-state index in [2.05, 4.69) is 49.1 Å². The summed E-state index contributed by atoms with van der Waals surface area (Å²) >= 11 is 0. The number of rotatable bonds is 4. The van der Waals surface area contributed by atoms with Gasteiger partial charge in [-0.15, -0.1) is 0 Å². The van der Waals surface area contributed by atoms with E-state index >= 15 is 0 Å². The zero-order chi connectivity index (χ0) is 11.5. The van der Waals surface area contributed by atoms with E-state index in [-0.39, 0.29) is 0 Å². The molecule has 1 aromatic carbocycles.